The van der Waals surface area contributed by atoms with Crippen LogP contribution >= 0.6 is 8.38 Å². The van der Waals surface area contributed by atoms with Gasteiger partial charge in [-0.2, -0.15) is 0 Å². The third kappa shape index (κ3) is 4.58. The number of phenols is 1. The molecule has 0 aliphatic carbocycles. The summed E-state index contributed by atoms with van der Waals surface area (Å²) in [5.41, 5.74) is 2.85. The van der Waals surface area contributed by atoms with E-state index < -0.39 is 8.38 Å². The topological polar surface area (TPSA) is 67.8 Å². The fourth-order valence-electron chi connectivity index (χ4n) is 2.51. The lowest BCUT2D eigenvalue weighted by atomic mass is 10.0. The predicted octanol–water partition coefficient (Wildman–Crippen LogP) is 4.31. The smallest absolute Gasteiger partial charge is 0.256 e. The maximum absolute atomic E-state index is 12.2. The average molecular weight is 371 g/mol. The van der Waals surface area contributed by atoms with Gasteiger partial charge in [-0.25, -0.2) is 0 Å². The third-order valence-electron chi connectivity index (χ3n) is 3.51. The molecule has 5 nitrogen and oxygen atoms in total. The van der Waals surface area contributed by atoms with Crippen LogP contribution < -0.4 is 10.6 Å². The number of hydrogen-bond acceptors (Lipinski definition) is 4. The minimum atomic E-state index is -1.12. The van der Waals surface area contributed by atoms with Gasteiger partial charge in [0.1, 0.15) is 5.75 Å². The van der Waals surface area contributed by atoms with Gasteiger partial charge >= 0.3 is 0 Å². The molecule has 2 aromatic carbocycles. The molecule has 0 spiro atoms. The number of allylic oxidation sites excluding steroid dienone is 1. The highest BCUT2D eigenvalue weighted by atomic mass is 31.2. The van der Waals surface area contributed by atoms with Crippen molar-refractivity contribution in [3.63, 3.8) is 0 Å². The number of benzene rings is 2. The van der Waals surface area contributed by atoms with Crippen molar-refractivity contribution in [3.05, 3.63) is 66.2 Å². The van der Waals surface area contributed by atoms with Crippen molar-refractivity contribution in [1.82, 2.24) is 0 Å². The van der Waals surface area contributed by atoms with Crippen molar-refractivity contribution in [1.29, 1.82) is 0 Å². The Morgan fingerprint density at radius 1 is 1.15 bits per heavy atom. The number of carbonyl (C=O) groups is 1. The number of carbonyl (C=O) groups excluding carboxylic acids is 1. The van der Waals surface area contributed by atoms with Crippen LogP contribution in [-0.2, 0) is 13.8 Å². The Morgan fingerprint density at radius 3 is 2.50 bits per heavy atom. The molecule has 1 amide bonds. The molecule has 2 aromatic rings. The van der Waals surface area contributed by atoms with E-state index >= 15 is 0 Å². The lowest BCUT2D eigenvalue weighted by Gasteiger charge is -2.12. The van der Waals surface area contributed by atoms with Gasteiger partial charge in [0.25, 0.3) is 5.91 Å². The average Bonchev–Trinajstić information content (AvgIpc) is 2.92. The zero-order chi connectivity index (χ0) is 19.1. The van der Waals surface area contributed by atoms with Crippen LogP contribution in [-0.4, -0.2) is 25.2 Å². The molecule has 6 heteroatoms. The number of amides is 1. The summed E-state index contributed by atoms with van der Waals surface area (Å²) >= 11 is 0. The molecule has 26 heavy (non-hydrogen) atoms. The van der Waals surface area contributed by atoms with E-state index in [0.29, 0.717) is 11.3 Å². The highest BCUT2D eigenvalue weighted by Gasteiger charge is 2.24. The Hall–Kier alpha value is -2.46. The molecule has 0 bridgehead atoms. The maximum Gasteiger partial charge on any atom is 0.256 e. The molecule has 3 rings (SSSR count). The fourth-order valence-corrected chi connectivity index (χ4v) is 3.54. The van der Waals surface area contributed by atoms with Gasteiger partial charge in [0, 0.05) is 36.7 Å². The van der Waals surface area contributed by atoms with Crippen LogP contribution in [0, 0.1) is 0 Å². The van der Waals surface area contributed by atoms with Crippen LogP contribution in [0.2, 0.25) is 0 Å². The summed E-state index contributed by atoms with van der Waals surface area (Å²) in [4.78, 5) is 12.2. The van der Waals surface area contributed by atoms with E-state index in [4.69, 9.17) is 9.05 Å². The van der Waals surface area contributed by atoms with Gasteiger partial charge in [0.15, 0.2) is 0 Å². The molecule has 0 fully saturated rings. The van der Waals surface area contributed by atoms with Gasteiger partial charge in [0.2, 0.25) is 8.38 Å². The molecule has 0 atom stereocenters. The number of fused-ring (bicyclic) bond motifs is 1. The standard InChI is InChI=1S/C17H16NO4P.C3H6/c1-21-23(22-2)13-5-3-4-11(8-13)9-15-14-7-6-12(19)10-16(14)18-17(15)20;1-3-2/h3-10,19H,1-2H3,(H,18,20);3H,1H2,2H3/b15-9-;. The van der Waals surface area contributed by atoms with Crippen LogP contribution in [0.4, 0.5) is 5.69 Å². The minimum Gasteiger partial charge on any atom is -0.508 e. The Morgan fingerprint density at radius 2 is 1.85 bits per heavy atom. The van der Waals surface area contributed by atoms with Crippen molar-refractivity contribution in [2.24, 2.45) is 0 Å². The summed E-state index contributed by atoms with van der Waals surface area (Å²) in [7, 11) is 2.09. The fraction of sp³-hybridized carbons (Fsp3) is 0.150. The van der Waals surface area contributed by atoms with Gasteiger partial charge in [-0.1, -0.05) is 18.2 Å². The van der Waals surface area contributed by atoms with E-state index in [2.05, 4.69) is 11.9 Å². The number of hydrogen-bond donors (Lipinski definition) is 2. The first-order valence-corrected chi connectivity index (χ1v) is 9.13. The van der Waals surface area contributed by atoms with Crippen LogP contribution in [0.1, 0.15) is 18.1 Å². The molecule has 1 aliphatic heterocycles. The number of aromatic hydroxyl groups is 1. The van der Waals surface area contributed by atoms with Gasteiger partial charge in [-0.05, 0) is 42.8 Å². The molecule has 0 aromatic heterocycles. The normalized spacial score (nSPS) is 13.8. The Bertz CT molecular complexity index is 828. The van der Waals surface area contributed by atoms with Crippen LogP contribution in [0.3, 0.4) is 0 Å². The summed E-state index contributed by atoms with van der Waals surface area (Å²) in [6.07, 6.45) is 3.57. The zero-order valence-corrected chi connectivity index (χ0v) is 15.9. The lowest BCUT2D eigenvalue weighted by molar-refractivity contribution is -0.110. The number of phenolic OH excluding ortho intramolecular Hbond substituents is 1. The van der Waals surface area contributed by atoms with E-state index in [9.17, 15) is 9.90 Å². The molecule has 1 aliphatic rings. The van der Waals surface area contributed by atoms with Crippen molar-refractivity contribution in [3.8, 4) is 5.75 Å². The molecular weight excluding hydrogens is 349 g/mol. The summed E-state index contributed by atoms with van der Waals surface area (Å²) < 4.78 is 10.6. The first-order chi connectivity index (χ1) is 12.5. The van der Waals surface area contributed by atoms with Crippen LogP contribution in [0.25, 0.3) is 11.6 Å². The van der Waals surface area contributed by atoms with Crippen molar-refractivity contribution in [2.75, 3.05) is 19.5 Å². The van der Waals surface area contributed by atoms with Crippen LogP contribution in [0.15, 0.2) is 55.1 Å². The maximum atomic E-state index is 12.2. The Labute approximate surface area is 154 Å². The second kappa shape index (κ2) is 9.30. The summed E-state index contributed by atoms with van der Waals surface area (Å²) in [6.45, 7) is 5.25. The zero-order valence-electron chi connectivity index (χ0n) is 15.0. The van der Waals surface area contributed by atoms with Gasteiger partial charge < -0.3 is 19.5 Å². The monoisotopic (exact) mass is 371 g/mol. The first kappa shape index (κ1) is 19.9. The van der Waals surface area contributed by atoms with Gasteiger partial charge in [-0.15, -0.1) is 6.58 Å². The van der Waals surface area contributed by atoms with Crippen molar-refractivity contribution >= 4 is 36.9 Å². The first-order valence-electron chi connectivity index (χ1n) is 7.96. The molecule has 1 heterocycles. The summed E-state index contributed by atoms with van der Waals surface area (Å²) in [5, 5.41) is 13.2. The highest BCUT2D eigenvalue weighted by molar-refractivity contribution is 7.55. The largest absolute Gasteiger partial charge is 0.508 e. The van der Waals surface area contributed by atoms with Crippen molar-refractivity contribution < 1.29 is 18.9 Å². The molecule has 0 saturated heterocycles. The number of nitrogens with one attached hydrogen (secondary N) is 1. The van der Waals surface area contributed by atoms with E-state index in [0.717, 1.165) is 16.4 Å². The number of anilines is 1. The van der Waals surface area contributed by atoms with Crippen LogP contribution in [0.5, 0.6) is 5.75 Å². The molecule has 136 valence electrons. The second-order valence-electron chi connectivity index (χ2n) is 5.37. The Balaban J connectivity index is 0.000000758. The third-order valence-corrected chi connectivity index (χ3v) is 4.87. The van der Waals surface area contributed by atoms with E-state index in [1.54, 1.807) is 38.5 Å². The molecular formula is C20H22NO4P. The molecule has 0 unspecified atom stereocenters. The van der Waals surface area contributed by atoms with Crippen molar-refractivity contribution in [2.45, 2.75) is 6.92 Å². The number of rotatable bonds is 4. The summed E-state index contributed by atoms with van der Waals surface area (Å²) in [5.74, 6) is -0.0603. The van der Waals surface area contributed by atoms with Gasteiger partial charge in [0.05, 0.1) is 5.69 Å². The minimum absolute atomic E-state index is 0.123. The Kier molecular flexibility index (Phi) is 7.10. The molecule has 0 saturated carbocycles. The molecule has 2 N–H and O–H groups in total. The SMILES string of the molecule is C=CC.COP(OC)c1cccc(/C=C2\C(=O)Nc3cc(O)ccc32)c1. The lowest BCUT2D eigenvalue weighted by Crippen LogP contribution is -2.05. The highest BCUT2D eigenvalue weighted by Crippen LogP contribution is 2.37. The quantitative estimate of drug-likeness (QED) is 0.478. The second-order valence-corrected chi connectivity index (χ2v) is 7.13. The van der Waals surface area contributed by atoms with E-state index in [-0.39, 0.29) is 11.7 Å². The molecule has 0 radical (unpaired) electrons. The predicted molar refractivity (Wildman–Crippen MR) is 107 cm³/mol. The van der Waals surface area contributed by atoms with Gasteiger partial charge in [-0.3, -0.25) is 4.79 Å². The van der Waals surface area contributed by atoms with E-state index in [1.165, 1.54) is 0 Å². The summed E-state index contributed by atoms with van der Waals surface area (Å²) in [6, 6.07) is 12.5. The van der Waals surface area contributed by atoms with E-state index in [1.807, 2.05) is 37.3 Å².